The average molecular weight is 263 g/mol. The third kappa shape index (κ3) is 5.23. The molecule has 6 heteroatoms. The third-order valence-corrected chi connectivity index (χ3v) is 3.39. The zero-order chi connectivity index (χ0) is 13.8. The van der Waals surface area contributed by atoms with Crippen LogP contribution in [0.4, 0.5) is 13.2 Å². The van der Waals surface area contributed by atoms with E-state index in [4.69, 9.17) is 5.26 Å². The van der Waals surface area contributed by atoms with Gasteiger partial charge in [0.2, 0.25) is 0 Å². The standard InChI is InChI=1S/C12H20F3N3/c1-9(2)10-5-11(17-8-12(13,14)15)7-18(6-10)4-3-16/h9-11,17H,4-8H2,1-2H3. The Bertz CT molecular complexity index is 296. The van der Waals surface area contributed by atoms with E-state index in [0.717, 1.165) is 13.0 Å². The van der Waals surface area contributed by atoms with Gasteiger partial charge in [0.25, 0.3) is 0 Å². The quantitative estimate of drug-likeness (QED) is 0.789. The molecule has 0 saturated carbocycles. The lowest BCUT2D eigenvalue weighted by molar-refractivity contribution is -0.127. The first-order chi connectivity index (χ1) is 8.31. The van der Waals surface area contributed by atoms with Crippen LogP contribution in [0.25, 0.3) is 0 Å². The molecule has 1 aliphatic heterocycles. The van der Waals surface area contributed by atoms with Crippen molar-refractivity contribution in [3.63, 3.8) is 0 Å². The van der Waals surface area contributed by atoms with E-state index in [1.54, 1.807) is 0 Å². The molecule has 2 atom stereocenters. The Morgan fingerprint density at radius 2 is 2.06 bits per heavy atom. The van der Waals surface area contributed by atoms with Crippen LogP contribution in [-0.2, 0) is 0 Å². The molecule has 18 heavy (non-hydrogen) atoms. The Morgan fingerprint density at radius 3 is 2.56 bits per heavy atom. The molecular formula is C12H20F3N3. The number of nitrogens with one attached hydrogen (secondary N) is 1. The number of nitriles is 1. The van der Waals surface area contributed by atoms with E-state index in [2.05, 4.69) is 25.2 Å². The van der Waals surface area contributed by atoms with Crippen molar-refractivity contribution in [2.45, 2.75) is 32.5 Å². The number of rotatable bonds is 4. The van der Waals surface area contributed by atoms with E-state index in [-0.39, 0.29) is 12.6 Å². The summed E-state index contributed by atoms with van der Waals surface area (Å²) in [6.07, 6.45) is -3.43. The normalized spacial score (nSPS) is 26.3. The third-order valence-electron chi connectivity index (χ3n) is 3.39. The molecule has 0 bridgehead atoms. The van der Waals surface area contributed by atoms with E-state index in [9.17, 15) is 13.2 Å². The van der Waals surface area contributed by atoms with Crippen molar-refractivity contribution in [2.24, 2.45) is 11.8 Å². The van der Waals surface area contributed by atoms with Crippen LogP contribution < -0.4 is 5.32 Å². The SMILES string of the molecule is CC(C)C1CC(NCC(F)(F)F)CN(CC#N)C1. The highest BCUT2D eigenvalue weighted by Crippen LogP contribution is 2.24. The molecule has 1 rings (SSSR count). The lowest BCUT2D eigenvalue weighted by Crippen LogP contribution is -2.52. The molecule has 0 spiro atoms. The van der Waals surface area contributed by atoms with E-state index in [1.807, 2.05) is 4.90 Å². The fourth-order valence-corrected chi connectivity index (χ4v) is 2.35. The van der Waals surface area contributed by atoms with Gasteiger partial charge in [-0.05, 0) is 18.3 Å². The highest BCUT2D eigenvalue weighted by molar-refractivity contribution is 4.89. The minimum absolute atomic E-state index is 0.180. The van der Waals surface area contributed by atoms with Crippen molar-refractivity contribution in [3.05, 3.63) is 0 Å². The molecule has 3 nitrogen and oxygen atoms in total. The number of likely N-dealkylation sites (tertiary alicyclic amines) is 1. The Balaban J connectivity index is 2.53. The van der Waals surface area contributed by atoms with Crippen LogP contribution in [-0.4, -0.2) is 43.3 Å². The summed E-state index contributed by atoms with van der Waals surface area (Å²) < 4.78 is 36.5. The van der Waals surface area contributed by atoms with Crippen LogP contribution in [0.1, 0.15) is 20.3 Å². The van der Waals surface area contributed by atoms with Gasteiger partial charge in [-0.1, -0.05) is 13.8 Å². The number of nitrogens with zero attached hydrogens (tertiary/aromatic N) is 2. The topological polar surface area (TPSA) is 39.1 Å². The first-order valence-corrected chi connectivity index (χ1v) is 6.21. The predicted octanol–water partition coefficient (Wildman–Crippen LogP) is 2.01. The minimum atomic E-state index is -4.18. The number of hydrogen-bond acceptors (Lipinski definition) is 3. The highest BCUT2D eigenvalue weighted by atomic mass is 19.4. The van der Waals surface area contributed by atoms with Crippen LogP contribution >= 0.6 is 0 Å². The molecule has 1 heterocycles. The van der Waals surface area contributed by atoms with Gasteiger partial charge in [-0.25, -0.2) is 0 Å². The monoisotopic (exact) mass is 263 g/mol. The van der Waals surface area contributed by atoms with Crippen LogP contribution in [0.15, 0.2) is 0 Å². The largest absolute Gasteiger partial charge is 0.401 e. The second-order valence-electron chi connectivity index (χ2n) is 5.28. The summed E-state index contributed by atoms with van der Waals surface area (Å²) in [5.74, 6) is 0.763. The van der Waals surface area contributed by atoms with Crippen LogP contribution in [0.5, 0.6) is 0 Å². The average Bonchev–Trinajstić information content (AvgIpc) is 2.25. The molecule has 0 aromatic carbocycles. The molecule has 0 aromatic rings. The van der Waals surface area contributed by atoms with Gasteiger partial charge in [0, 0.05) is 19.1 Å². The second-order valence-corrected chi connectivity index (χ2v) is 5.28. The van der Waals surface area contributed by atoms with Crippen LogP contribution in [0.2, 0.25) is 0 Å². The van der Waals surface area contributed by atoms with Gasteiger partial charge in [-0.2, -0.15) is 18.4 Å². The molecule has 1 aliphatic rings. The highest BCUT2D eigenvalue weighted by Gasteiger charge is 2.32. The van der Waals surface area contributed by atoms with Crippen molar-refractivity contribution < 1.29 is 13.2 Å². The molecule has 0 amide bonds. The van der Waals surface area contributed by atoms with Crippen LogP contribution in [0, 0.1) is 23.2 Å². The van der Waals surface area contributed by atoms with E-state index < -0.39 is 12.7 Å². The summed E-state index contributed by atoms with van der Waals surface area (Å²) in [6, 6.07) is 1.89. The summed E-state index contributed by atoms with van der Waals surface area (Å²) in [4.78, 5) is 1.93. The van der Waals surface area contributed by atoms with Crippen LogP contribution in [0.3, 0.4) is 0 Å². The fraction of sp³-hybridized carbons (Fsp3) is 0.917. The molecule has 0 aromatic heterocycles. The van der Waals surface area contributed by atoms with Gasteiger partial charge in [0.05, 0.1) is 19.2 Å². The number of alkyl halides is 3. The summed E-state index contributed by atoms with van der Waals surface area (Å²) in [5, 5.41) is 11.3. The maximum absolute atomic E-state index is 12.2. The van der Waals surface area contributed by atoms with E-state index >= 15 is 0 Å². The van der Waals surface area contributed by atoms with Crippen molar-refractivity contribution in [1.82, 2.24) is 10.2 Å². The number of halogens is 3. The van der Waals surface area contributed by atoms with E-state index in [1.165, 1.54) is 0 Å². The van der Waals surface area contributed by atoms with Gasteiger partial charge in [0.15, 0.2) is 0 Å². The van der Waals surface area contributed by atoms with Crippen molar-refractivity contribution in [1.29, 1.82) is 5.26 Å². The van der Waals surface area contributed by atoms with Gasteiger partial charge < -0.3 is 5.32 Å². The molecule has 1 fully saturated rings. The summed E-state index contributed by atoms with van der Waals surface area (Å²) in [7, 11) is 0. The maximum atomic E-state index is 12.2. The zero-order valence-electron chi connectivity index (χ0n) is 10.8. The summed E-state index contributed by atoms with van der Waals surface area (Å²) in [6.45, 7) is 4.79. The van der Waals surface area contributed by atoms with Crippen molar-refractivity contribution >= 4 is 0 Å². The minimum Gasteiger partial charge on any atom is -0.305 e. The van der Waals surface area contributed by atoms with Gasteiger partial charge in [-0.15, -0.1) is 0 Å². The first kappa shape index (κ1) is 15.3. The van der Waals surface area contributed by atoms with Gasteiger partial charge in [-0.3, -0.25) is 4.90 Å². The molecule has 0 aliphatic carbocycles. The van der Waals surface area contributed by atoms with Crippen molar-refractivity contribution in [3.8, 4) is 6.07 Å². The molecule has 1 saturated heterocycles. The Kier molecular flexibility index (Phi) is 5.42. The molecule has 104 valence electrons. The predicted molar refractivity (Wildman–Crippen MR) is 62.8 cm³/mol. The maximum Gasteiger partial charge on any atom is 0.401 e. The second kappa shape index (κ2) is 6.39. The Hall–Kier alpha value is -0.800. The molecule has 1 N–H and O–H groups in total. The Labute approximate surface area is 106 Å². The lowest BCUT2D eigenvalue weighted by atomic mass is 9.85. The number of piperidine rings is 1. The fourth-order valence-electron chi connectivity index (χ4n) is 2.35. The smallest absolute Gasteiger partial charge is 0.305 e. The van der Waals surface area contributed by atoms with Gasteiger partial charge in [0.1, 0.15) is 0 Å². The molecule has 2 unspecified atom stereocenters. The summed E-state index contributed by atoms with van der Waals surface area (Å²) in [5.41, 5.74) is 0. The zero-order valence-corrected chi connectivity index (χ0v) is 10.8. The van der Waals surface area contributed by atoms with Crippen molar-refractivity contribution in [2.75, 3.05) is 26.2 Å². The summed E-state index contributed by atoms with van der Waals surface area (Å²) >= 11 is 0. The van der Waals surface area contributed by atoms with E-state index in [0.29, 0.717) is 18.4 Å². The van der Waals surface area contributed by atoms with Gasteiger partial charge >= 0.3 is 6.18 Å². The number of hydrogen-bond donors (Lipinski definition) is 1. The Morgan fingerprint density at radius 1 is 1.39 bits per heavy atom. The molecular weight excluding hydrogens is 243 g/mol. The molecule has 0 radical (unpaired) electrons. The first-order valence-electron chi connectivity index (χ1n) is 6.21. The lowest BCUT2D eigenvalue weighted by Gasteiger charge is -2.39.